The van der Waals surface area contributed by atoms with Crippen molar-refractivity contribution in [2.45, 2.75) is 19.0 Å². The number of benzene rings is 1. The monoisotopic (exact) mass is 442 g/mol. The van der Waals surface area contributed by atoms with Gasteiger partial charge in [0.2, 0.25) is 0 Å². The topological polar surface area (TPSA) is 113 Å². The molecule has 2 atom stereocenters. The van der Waals surface area contributed by atoms with Gasteiger partial charge in [-0.3, -0.25) is 4.55 Å². The summed E-state index contributed by atoms with van der Waals surface area (Å²) in [6.07, 6.45) is 0. The average Bonchev–Trinajstić information content (AvgIpc) is 3.19. The van der Waals surface area contributed by atoms with E-state index in [0.29, 0.717) is 26.6 Å². The Labute approximate surface area is 169 Å². The quantitative estimate of drug-likeness (QED) is 0.559. The second kappa shape index (κ2) is 7.06. The van der Waals surface area contributed by atoms with Crippen molar-refractivity contribution < 1.29 is 36.0 Å². The van der Waals surface area contributed by atoms with Crippen LogP contribution >= 0.6 is 11.3 Å². The molecule has 1 fully saturated rings. The van der Waals surface area contributed by atoms with Crippen LogP contribution in [-0.2, 0) is 24.2 Å². The van der Waals surface area contributed by atoms with Crippen LogP contribution in [0.25, 0.3) is 11.1 Å². The molecule has 0 saturated carbocycles. The first-order valence-corrected chi connectivity index (χ1v) is 10.8. The second-order valence-corrected chi connectivity index (χ2v) is 8.28. The molecule has 29 heavy (non-hydrogen) atoms. The number of thiophene rings is 1. The van der Waals surface area contributed by atoms with Crippen LogP contribution in [0.15, 0.2) is 29.6 Å². The third kappa shape index (κ3) is 3.37. The summed E-state index contributed by atoms with van der Waals surface area (Å²) in [5.74, 6) is -1.11. The van der Waals surface area contributed by atoms with Crippen LogP contribution in [-0.4, -0.2) is 48.1 Å². The molecule has 1 saturated heterocycles. The van der Waals surface area contributed by atoms with E-state index in [0.717, 1.165) is 4.90 Å². The van der Waals surface area contributed by atoms with E-state index in [4.69, 9.17) is 9.29 Å². The van der Waals surface area contributed by atoms with Crippen molar-refractivity contribution in [1.29, 1.82) is 0 Å². The minimum atomic E-state index is -4.95. The number of rotatable bonds is 5. The van der Waals surface area contributed by atoms with Crippen LogP contribution in [0.4, 0.5) is 9.18 Å². The number of fused-ring (bicyclic) bond motifs is 4. The van der Waals surface area contributed by atoms with Crippen LogP contribution < -0.4 is 0 Å². The number of carbonyl (C=O) groups excluding carboxylic acids is 2. The summed E-state index contributed by atoms with van der Waals surface area (Å²) >= 11 is 1.20. The molecule has 2 aliphatic heterocycles. The Morgan fingerprint density at radius 2 is 2.03 bits per heavy atom. The van der Waals surface area contributed by atoms with Gasteiger partial charge in [-0.15, -0.1) is 15.6 Å². The molecule has 2 amide bonds. The summed E-state index contributed by atoms with van der Waals surface area (Å²) in [6, 6.07) is 2.77. The molecule has 2 aliphatic rings. The lowest BCUT2D eigenvalue weighted by Crippen LogP contribution is -2.39. The Balaban J connectivity index is 1.86. The van der Waals surface area contributed by atoms with Crippen molar-refractivity contribution in [2.24, 2.45) is 0 Å². The molecular formula is C17H15FN2O7S2. The van der Waals surface area contributed by atoms with E-state index in [2.05, 4.69) is 4.28 Å². The van der Waals surface area contributed by atoms with Crippen LogP contribution in [0, 0.1) is 5.82 Å². The van der Waals surface area contributed by atoms with E-state index in [1.165, 1.54) is 23.5 Å². The zero-order valence-electron chi connectivity index (χ0n) is 14.9. The van der Waals surface area contributed by atoms with Crippen molar-refractivity contribution in [3.63, 3.8) is 0 Å². The minimum absolute atomic E-state index is 0.0196. The number of ether oxygens (including phenoxy) is 1. The largest absolute Gasteiger partial charge is 0.464 e. The normalized spacial score (nSPS) is 20.7. The molecule has 2 bridgehead atoms. The first kappa shape index (κ1) is 19.8. The van der Waals surface area contributed by atoms with Gasteiger partial charge in [-0.05, 0) is 35.6 Å². The Kier molecular flexibility index (Phi) is 4.81. The van der Waals surface area contributed by atoms with Gasteiger partial charge in [0.15, 0.2) is 6.04 Å². The third-order valence-electron chi connectivity index (χ3n) is 4.67. The van der Waals surface area contributed by atoms with Gasteiger partial charge in [0.05, 0.1) is 13.2 Å². The predicted molar refractivity (Wildman–Crippen MR) is 98.4 cm³/mol. The molecule has 12 heteroatoms. The number of carbonyl (C=O) groups is 2. The summed E-state index contributed by atoms with van der Waals surface area (Å²) in [7, 11) is -4.95. The molecule has 0 unspecified atom stereocenters. The number of nitrogens with zero attached hydrogens (tertiary/aromatic N) is 2. The van der Waals surface area contributed by atoms with Crippen LogP contribution in [0.2, 0.25) is 0 Å². The van der Waals surface area contributed by atoms with Gasteiger partial charge < -0.3 is 9.64 Å². The first-order chi connectivity index (χ1) is 13.7. The van der Waals surface area contributed by atoms with Crippen molar-refractivity contribution in [1.82, 2.24) is 9.96 Å². The fourth-order valence-corrected chi connectivity index (χ4v) is 5.14. The lowest BCUT2D eigenvalue weighted by atomic mass is 9.92. The highest BCUT2D eigenvalue weighted by Crippen LogP contribution is 2.51. The summed E-state index contributed by atoms with van der Waals surface area (Å²) in [4.78, 5) is 27.1. The fraction of sp³-hybridized carbons (Fsp3) is 0.294. The van der Waals surface area contributed by atoms with E-state index >= 15 is 0 Å². The van der Waals surface area contributed by atoms with Gasteiger partial charge in [0.25, 0.3) is 0 Å². The minimum Gasteiger partial charge on any atom is -0.464 e. The molecule has 4 rings (SSSR count). The number of urea groups is 1. The number of halogens is 1. The number of hydrogen-bond acceptors (Lipinski definition) is 7. The molecule has 0 aliphatic carbocycles. The maximum absolute atomic E-state index is 13.3. The summed E-state index contributed by atoms with van der Waals surface area (Å²) in [5, 5.41) is 2.28. The summed E-state index contributed by atoms with van der Waals surface area (Å²) in [6.45, 7) is 1.68. The Hall–Kier alpha value is -2.54. The highest BCUT2D eigenvalue weighted by Gasteiger charge is 2.54. The molecule has 0 spiro atoms. The highest BCUT2D eigenvalue weighted by molar-refractivity contribution is 7.80. The van der Waals surface area contributed by atoms with E-state index in [-0.39, 0.29) is 13.2 Å². The standard InChI is InChI=1S/C17H15FN2O7S2/c1-2-26-16(21)14-13-11(9-3-5-10(18)6-4-9)8-28-15(13)12-7-19(14)17(22)20(12)27-29(23,24)25/h3-6,8,12,14H,2,7H2,1H3,(H,23,24,25)/t12-,14+/m1/s1. The van der Waals surface area contributed by atoms with Crippen LogP contribution in [0.1, 0.15) is 29.4 Å². The average molecular weight is 442 g/mol. The van der Waals surface area contributed by atoms with Gasteiger partial charge in [0, 0.05) is 10.4 Å². The number of amides is 2. The molecule has 154 valence electrons. The SMILES string of the molecule is CCOC(=O)[C@@H]1c2c(-c3ccc(F)cc3)csc2[C@H]2CN1C(=O)N2OS(=O)(=O)O. The Morgan fingerprint density at radius 3 is 2.66 bits per heavy atom. The van der Waals surface area contributed by atoms with E-state index in [9.17, 15) is 22.4 Å². The Morgan fingerprint density at radius 1 is 1.34 bits per heavy atom. The van der Waals surface area contributed by atoms with E-state index in [1.54, 1.807) is 24.4 Å². The van der Waals surface area contributed by atoms with Crippen molar-refractivity contribution in [3.05, 3.63) is 45.9 Å². The van der Waals surface area contributed by atoms with Crippen molar-refractivity contribution in [2.75, 3.05) is 13.2 Å². The lowest BCUT2D eigenvalue weighted by Gasteiger charge is -2.30. The maximum Gasteiger partial charge on any atom is 0.418 e. The van der Waals surface area contributed by atoms with Gasteiger partial charge in [-0.2, -0.15) is 13.5 Å². The molecule has 0 radical (unpaired) electrons. The Bertz CT molecular complexity index is 1080. The van der Waals surface area contributed by atoms with Gasteiger partial charge in [-0.1, -0.05) is 12.1 Å². The lowest BCUT2D eigenvalue weighted by molar-refractivity contribution is -0.148. The predicted octanol–water partition coefficient (Wildman–Crippen LogP) is 2.69. The second-order valence-electron chi connectivity index (χ2n) is 6.37. The first-order valence-electron chi connectivity index (χ1n) is 8.52. The van der Waals surface area contributed by atoms with Gasteiger partial charge in [-0.25, -0.2) is 14.0 Å². The number of hydroxylamine groups is 2. The molecule has 1 aromatic carbocycles. The molecule has 3 heterocycles. The molecular weight excluding hydrogens is 427 g/mol. The van der Waals surface area contributed by atoms with E-state index < -0.39 is 40.3 Å². The van der Waals surface area contributed by atoms with E-state index in [1.807, 2.05) is 0 Å². The summed E-state index contributed by atoms with van der Waals surface area (Å²) in [5.41, 5.74) is 1.68. The highest BCUT2D eigenvalue weighted by atomic mass is 32.3. The van der Waals surface area contributed by atoms with Crippen LogP contribution in [0.5, 0.6) is 0 Å². The smallest absolute Gasteiger partial charge is 0.418 e. The molecule has 1 aromatic heterocycles. The zero-order chi connectivity index (χ0) is 20.9. The summed E-state index contributed by atoms with van der Waals surface area (Å²) < 4.78 is 54.4. The van der Waals surface area contributed by atoms with Crippen molar-refractivity contribution >= 4 is 33.7 Å². The maximum atomic E-state index is 13.3. The molecule has 1 N–H and O–H groups in total. The fourth-order valence-electron chi connectivity index (χ4n) is 3.59. The third-order valence-corrected chi connectivity index (χ3v) is 6.12. The van der Waals surface area contributed by atoms with Crippen molar-refractivity contribution in [3.8, 4) is 11.1 Å². The molecule has 9 nitrogen and oxygen atoms in total. The number of esters is 1. The number of hydrogen-bond donors (Lipinski definition) is 1. The van der Waals surface area contributed by atoms with Gasteiger partial charge >= 0.3 is 22.4 Å². The zero-order valence-corrected chi connectivity index (χ0v) is 16.6. The van der Waals surface area contributed by atoms with Gasteiger partial charge in [0.1, 0.15) is 11.9 Å². The van der Waals surface area contributed by atoms with Crippen LogP contribution in [0.3, 0.4) is 0 Å². The molecule has 2 aromatic rings.